The average Bonchev–Trinajstić information content (AvgIpc) is 2.35. The Balaban J connectivity index is 2.77. The van der Waals surface area contributed by atoms with Gasteiger partial charge in [0.1, 0.15) is 6.61 Å². The standard InChI is InChI=1S/C14H22O4/c1-9(2)12(16)8-18-13-6-5-11(10(3)15)7-14(13)17-4/h5-7,9-10,12,15-16H,8H2,1-4H3. The van der Waals surface area contributed by atoms with E-state index in [9.17, 15) is 10.2 Å². The monoisotopic (exact) mass is 254 g/mol. The van der Waals surface area contributed by atoms with Gasteiger partial charge in [-0.3, -0.25) is 0 Å². The molecule has 1 aromatic carbocycles. The fourth-order valence-electron chi connectivity index (χ4n) is 1.43. The second-order valence-corrected chi connectivity index (χ2v) is 4.71. The highest BCUT2D eigenvalue weighted by atomic mass is 16.5. The molecule has 4 heteroatoms. The molecule has 0 heterocycles. The average molecular weight is 254 g/mol. The van der Waals surface area contributed by atoms with Crippen LogP contribution in [-0.2, 0) is 0 Å². The van der Waals surface area contributed by atoms with Gasteiger partial charge in [-0.25, -0.2) is 0 Å². The van der Waals surface area contributed by atoms with E-state index in [-0.39, 0.29) is 12.5 Å². The summed E-state index contributed by atoms with van der Waals surface area (Å²) in [4.78, 5) is 0. The first-order valence-corrected chi connectivity index (χ1v) is 6.12. The number of hydrogen-bond acceptors (Lipinski definition) is 4. The van der Waals surface area contributed by atoms with E-state index in [1.54, 1.807) is 32.2 Å². The van der Waals surface area contributed by atoms with Crippen LogP contribution in [0.15, 0.2) is 18.2 Å². The summed E-state index contributed by atoms with van der Waals surface area (Å²) >= 11 is 0. The minimum Gasteiger partial charge on any atom is -0.493 e. The molecule has 0 aliphatic rings. The minimum absolute atomic E-state index is 0.146. The molecule has 2 atom stereocenters. The summed E-state index contributed by atoms with van der Waals surface area (Å²) in [5, 5.41) is 19.2. The molecular formula is C14H22O4. The fraction of sp³-hybridized carbons (Fsp3) is 0.571. The van der Waals surface area contributed by atoms with Crippen molar-refractivity contribution in [1.29, 1.82) is 0 Å². The molecule has 0 bridgehead atoms. The second kappa shape index (κ2) is 6.61. The molecule has 2 N–H and O–H groups in total. The summed E-state index contributed by atoms with van der Waals surface area (Å²) < 4.78 is 10.7. The first-order chi connectivity index (χ1) is 8.45. The van der Waals surface area contributed by atoms with E-state index in [2.05, 4.69) is 0 Å². The third-order valence-corrected chi connectivity index (χ3v) is 2.85. The SMILES string of the molecule is COc1cc(C(C)O)ccc1OCC(O)C(C)C. The van der Waals surface area contributed by atoms with Gasteiger partial charge in [-0.15, -0.1) is 0 Å². The summed E-state index contributed by atoms with van der Waals surface area (Å²) in [6.45, 7) is 5.78. The summed E-state index contributed by atoms with van der Waals surface area (Å²) in [6.07, 6.45) is -1.06. The quantitative estimate of drug-likeness (QED) is 0.816. The van der Waals surface area contributed by atoms with Gasteiger partial charge >= 0.3 is 0 Å². The molecule has 0 amide bonds. The second-order valence-electron chi connectivity index (χ2n) is 4.71. The van der Waals surface area contributed by atoms with Crippen molar-refractivity contribution in [2.45, 2.75) is 33.0 Å². The van der Waals surface area contributed by atoms with Crippen LogP contribution in [0.3, 0.4) is 0 Å². The van der Waals surface area contributed by atoms with Crippen LogP contribution in [0.5, 0.6) is 11.5 Å². The van der Waals surface area contributed by atoms with Crippen LogP contribution in [0.1, 0.15) is 32.4 Å². The third kappa shape index (κ3) is 3.89. The maximum atomic E-state index is 9.69. The number of benzene rings is 1. The summed E-state index contributed by atoms with van der Waals surface area (Å²) in [7, 11) is 1.55. The highest BCUT2D eigenvalue weighted by Crippen LogP contribution is 2.30. The molecule has 4 nitrogen and oxygen atoms in total. The van der Waals surface area contributed by atoms with Gasteiger partial charge in [0.05, 0.1) is 19.3 Å². The molecule has 0 radical (unpaired) electrons. The predicted molar refractivity (Wildman–Crippen MR) is 70.0 cm³/mol. The first kappa shape index (κ1) is 14.8. The van der Waals surface area contributed by atoms with Crippen molar-refractivity contribution >= 4 is 0 Å². The van der Waals surface area contributed by atoms with Crippen LogP contribution in [-0.4, -0.2) is 30.0 Å². The summed E-state index contributed by atoms with van der Waals surface area (Å²) in [5.41, 5.74) is 0.767. The molecule has 1 aromatic rings. The predicted octanol–water partition coefficient (Wildman–Crippen LogP) is 2.14. The summed E-state index contributed by atoms with van der Waals surface area (Å²) in [5.74, 6) is 1.28. The number of aliphatic hydroxyl groups is 2. The van der Waals surface area contributed by atoms with E-state index >= 15 is 0 Å². The van der Waals surface area contributed by atoms with Crippen molar-refractivity contribution in [2.24, 2.45) is 5.92 Å². The van der Waals surface area contributed by atoms with Gasteiger partial charge in [-0.05, 0) is 30.5 Å². The largest absolute Gasteiger partial charge is 0.493 e. The minimum atomic E-state index is -0.547. The maximum absolute atomic E-state index is 9.69. The molecular weight excluding hydrogens is 232 g/mol. The Labute approximate surface area is 108 Å². The van der Waals surface area contributed by atoms with Gasteiger partial charge in [0.2, 0.25) is 0 Å². The van der Waals surface area contributed by atoms with E-state index in [4.69, 9.17) is 9.47 Å². The molecule has 0 saturated carbocycles. The van der Waals surface area contributed by atoms with Gasteiger partial charge < -0.3 is 19.7 Å². The zero-order valence-corrected chi connectivity index (χ0v) is 11.4. The Bertz CT molecular complexity index is 374. The van der Waals surface area contributed by atoms with Crippen molar-refractivity contribution in [3.8, 4) is 11.5 Å². The number of methoxy groups -OCH3 is 1. The van der Waals surface area contributed by atoms with Crippen molar-refractivity contribution < 1.29 is 19.7 Å². The van der Waals surface area contributed by atoms with Crippen molar-refractivity contribution in [1.82, 2.24) is 0 Å². The Hall–Kier alpha value is -1.26. The molecule has 0 fully saturated rings. The van der Waals surface area contributed by atoms with E-state index in [0.29, 0.717) is 11.5 Å². The number of hydrogen-bond donors (Lipinski definition) is 2. The zero-order chi connectivity index (χ0) is 13.7. The van der Waals surface area contributed by atoms with Crippen molar-refractivity contribution in [3.05, 3.63) is 23.8 Å². The molecule has 0 aliphatic carbocycles. The van der Waals surface area contributed by atoms with E-state index in [1.165, 1.54) is 0 Å². The van der Waals surface area contributed by atoms with Gasteiger partial charge in [-0.2, -0.15) is 0 Å². The normalized spacial score (nSPS) is 14.4. The van der Waals surface area contributed by atoms with Gasteiger partial charge in [0.15, 0.2) is 11.5 Å². The topological polar surface area (TPSA) is 58.9 Å². The molecule has 18 heavy (non-hydrogen) atoms. The molecule has 0 aromatic heterocycles. The smallest absolute Gasteiger partial charge is 0.161 e. The van der Waals surface area contributed by atoms with Gasteiger partial charge in [-0.1, -0.05) is 19.9 Å². The Morgan fingerprint density at radius 3 is 2.28 bits per heavy atom. The molecule has 102 valence electrons. The van der Waals surface area contributed by atoms with Crippen LogP contribution in [0.2, 0.25) is 0 Å². The third-order valence-electron chi connectivity index (χ3n) is 2.85. The van der Waals surface area contributed by atoms with E-state index < -0.39 is 12.2 Å². The fourth-order valence-corrected chi connectivity index (χ4v) is 1.43. The molecule has 2 unspecified atom stereocenters. The van der Waals surface area contributed by atoms with Crippen LogP contribution in [0, 0.1) is 5.92 Å². The Kier molecular flexibility index (Phi) is 5.44. The number of aliphatic hydroxyl groups excluding tert-OH is 2. The van der Waals surface area contributed by atoms with Gasteiger partial charge in [0.25, 0.3) is 0 Å². The lowest BCUT2D eigenvalue weighted by molar-refractivity contribution is 0.0689. The molecule has 0 spiro atoms. The highest BCUT2D eigenvalue weighted by Gasteiger charge is 2.13. The lowest BCUT2D eigenvalue weighted by Crippen LogP contribution is -2.23. The zero-order valence-electron chi connectivity index (χ0n) is 11.4. The Morgan fingerprint density at radius 1 is 1.11 bits per heavy atom. The molecule has 0 saturated heterocycles. The van der Waals surface area contributed by atoms with Crippen LogP contribution in [0.25, 0.3) is 0 Å². The maximum Gasteiger partial charge on any atom is 0.161 e. The highest BCUT2D eigenvalue weighted by molar-refractivity contribution is 5.43. The number of ether oxygens (including phenoxy) is 2. The number of rotatable bonds is 6. The van der Waals surface area contributed by atoms with E-state index in [0.717, 1.165) is 5.56 Å². The van der Waals surface area contributed by atoms with Crippen LogP contribution < -0.4 is 9.47 Å². The molecule has 0 aliphatic heterocycles. The lowest BCUT2D eigenvalue weighted by Gasteiger charge is -2.17. The Morgan fingerprint density at radius 2 is 1.78 bits per heavy atom. The van der Waals surface area contributed by atoms with E-state index in [1.807, 2.05) is 13.8 Å². The van der Waals surface area contributed by atoms with Crippen molar-refractivity contribution in [3.63, 3.8) is 0 Å². The van der Waals surface area contributed by atoms with Crippen LogP contribution >= 0.6 is 0 Å². The molecule has 1 rings (SSSR count). The van der Waals surface area contributed by atoms with Gasteiger partial charge in [0, 0.05) is 0 Å². The first-order valence-electron chi connectivity index (χ1n) is 6.12. The lowest BCUT2D eigenvalue weighted by atomic mass is 10.1. The van der Waals surface area contributed by atoms with Crippen LogP contribution in [0.4, 0.5) is 0 Å². The van der Waals surface area contributed by atoms with Crippen molar-refractivity contribution in [2.75, 3.05) is 13.7 Å². The summed E-state index contributed by atoms with van der Waals surface area (Å²) in [6, 6.07) is 5.26.